The largest absolute Gasteiger partial charge is 0.444 e. The zero-order chi connectivity index (χ0) is 15.9. The number of rotatable bonds is 2. The van der Waals surface area contributed by atoms with Gasteiger partial charge in [0, 0.05) is 30.7 Å². The van der Waals surface area contributed by atoms with Gasteiger partial charge in [-0.3, -0.25) is 0 Å². The zero-order valence-corrected chi connectivity index (χ0v) is 14.4. The van der Waals surface area contributed by atoms with Crippen LogP contribution in [0.5, 0.6) is 0 Å². The minimum Gasteiger partial charge on any atom is -0.444 e. The van der Waals surface area contributed by atoms with Crippen LogP contribution in [0.15, 0.2) is 0 Å². The summed E-state index contributed by atoms with van der Waals surface area (Å²) in [5.74, 6) is 1.77. The Morgan fingerprint density at radius 1 is 1.32 bits per heavy atom. The molecule has 0 radical (unpaired) electrons. The molecule has 2 bridgehead atoms. The summed E-state index contributed by atoms with van der Waals surface area (Å²) in [6.07, 6.45) is 2.01. The van der Waals surface area contributed by atoms with Gasteiger partial charge in [0.25, 0.3) is 0 Å². The summed E-state index contributed by atoms with van der Waals surface area (Å²) in [6, 6.07) is 0.222. The highest BCUT2D eigenvalue weighted by molar-refractivity contribution is 7.09. The molecule has 1 N–H and O–H groups in total. The summed E-state index contributed by atoms with van der Waals surface area (Å²) in [5.41, 5.74) is -0.450. The van der Waals surface area contributed by atoms with Crippen molar-refractivity contribution in [2.24, 2.45) is 11.8 Å². The molecule has 22 heavy (non-hydrogen) atoms. The number of piperidine rings is 1. The van der Waals surface area contributed by atoms with Crippen LogP contribution in [0.4, 0.5) is 9.93 Å². The lowest BCUT2D eigenvalue weighted by molar-refractivity contribution is 0.0472. The normalized spacial score (nSPS) is 27.8. The van der Waals surface area contributed by atoms with E-state index in [1.54, 1.807) is 0 Å². The topological polar surface area (TPSA) is 67.4 Å². The van der Waals surface area contributed by atoms with Crippen LogP contribution in [0.25, 0.3) is 0 Å². The maximum atomic E-state index is 12.0. The number of amides is 1. The molecule has 7 heteroatoms. The lowest BCUT2D eigenvalue weighted by Gasteiger charge is -2.38. The Morgan fingerprint density at radius 3 is 2.45 bits per heavy atom. The Kier molecular flexibility index (Phi) is 4.01. The van der Waals surface area contributed by atoms with Gasteiger partial charge in [-0.1, -0.05) is 0 Å². The minimum atomic E-state index is -0.450. The van der Waals surface area contributed by atoms with Gasteiger partial charge in [0.2, 0.25) is 5.13 Å². The standard InChI is InChI=1S/C15H24N4O2S/c1-9-16-13(22-18-9)19-7-10-5-6-11(8-19)12(10)17-14(20)21-15(2,3)4/h10-12H,5-8H2,1-4H3,(H,17,20). The number of nitrogens with zero attached hydrogens (tertiary/aromatic N) is 3. The molecule has 1 aliphatic heterocycles. The first-order valence-corrected chi connectivity index (χ1v) is 8.64. The van der Waals surface area contributed by atoms with E-state index in [9.17, 15) is 4.79 Å². The van der Waals surface area contributed by atoms with Crippen LogP contribution in [-0.4, -0.2) is 40.2 Å². The van der Waals surface area contributed by atoms with Crippen molar-refractivity contribution in [3.8, 4) is 0 Å². The molecule has 2 aliphatic rings. The monoisotopic (exact) mass is 324 g/mol. The summed E-state index contributed by atoms with van der Waals surface area (Å²) >= 11 is 1.46. The molecular weight excluding hydrogens is 300 g/mol. The Bertz CT molecular complexity index is 540. The van der Waals surface area contributed by atoms with Crippen LogP contribution >= 0.6 is 11.5 Å². The number of nitrogens with one attached hydrogen (secondary N) is 1. The average molecular weight is 324 g/mol. The second-order valence-electron chi connectivity index (χ2n) is 7.30. The Morgan fingerprint density at radius 2 is 1.95 bits per heavy atom. The van der Waals surface area contributed by atoms with Gasteiger partial charge in [0.05, 0.1) is 0 Å². The van der Waals surface area contributed by atoms with Crippen LogP contribution in [0.1, 0.15) is 39.4 Å². The van der Waals surface area contributed by atoms with E-state index in [-0.39, 0.29) is 12.1 Å². The predicted molar refractivity (Wildman–Crippen MR) is 86.2 cm³/mol. The first kappa shape index (κ1) is 15.5. The molecule has 0 spiro atoms. The number of aryl methyl sites for hydroxylation is 1. The van der Waals surface area contributed by atoms with E-state index < -0.39 is 5.60 Å². The lowest BCUT2D eigenvalue weighted by Crippen LogP contribution is -2.53. The summed E-state index contributed by atoms with van der Waals surface area (Å²) in [7, 11) is 0. The minimum absolute atomic E-state index is 0.222. The maximum absolute atomic E-state index is 12.0. The third-order valence-corrected chi connectivity index (χ3v) is 5.17. The number of carbonyl (C=O) groups excluding carboxylic acids is 1. The number of hydrogen-bond donors (Lipinski definition) is 1. The van der Waals surface area contributed by atoms with E-state index in [1.165, 1.54) is 11.5 Å². The van der Waals surface area contributed by atoms with Gasteiger partial charge in [-0.25, -0.2) is 9.78 Å². The number of fused-ring (bicyclic) bond motifs is 2. The number of anilines is 1. The van der Waals surface area contributed by atoms with Gasteiger partial charge < -0.3 is 15.0 Å². The van der Waals surface area contributed by atoms with Crippen LogP contribution < -0.4 is 10.2 Å². The fourth-order valence-electron chi connectivity index (χ4n) is 3.47. The molecule has 1 saturated heterocycles. The van der Waals surface area contributed by atoms with Crippen LogP contribution in [0, 0.1) is 18.8 Å². The van der Waals surface area contributed by atoms with Crippen molar-refractivity contribution in [1.82, 2.24) is 14.7 Å². The lowest BCUT2D eigenvalue weighted by atomic mass is 9.92. The van der Waals surface area contributed by atoms with E-state index >= 15 is 0 Å². The van der Waals surface area contributed by atoms with Crippen molar-refractivity contribution in [2.45, 2.75) is 52.2 Å². The number of carbonyl (C=O) groups is 1. The number of aromatic nitrogens is 2. The van der Waals surface area contributed by atoms with Gasteiger partial charge >= 0.3 is 6.09 Å². The van der Waals surface area contributed by atoms with E-state index in [4.69, 9.17) is 4.74 Å². The molecule has 1 aromatic rings. The molecule has 3 rings (SSSR count). The Hall–Kier alpha value is -1.37. The molecule has 2 atom stereocenters. The smallest absolute Gasteiger partial charge is 0.407 e. The van der Waals surface area contributed by atoms with Crippen molar-refractivity contribution in [3.63, 3.8) is 0 Å². The molecule has 1 amide bonds. The fourth-order valence-corrected chi connectivity index (χ4v) is 4.16. The highest BCUT2D eigenvalue weighted by Crippen LogP contribution is 2.39. The SMILES string of the molecule is Cc1nsc(N2CC3CCC(C2)C3NC(=O)OC(C)(C)C)n1. The molecular formula is C15H24N4O2S. The van der Waals surface area contributed by atoms with Crippen molar-refractivity contribution in [1.29, 1.82) is 0 Å². The summed E-state index contributed by atoms with van der Waals surface area (Å²) < 4.78 is 9.66. The van der Waals surface area contributed by atoms with Crippen molar-refractivity contribution < 1.29 is 9.53 Å². The molecule has 2 heterocycles. The van der Waals surface area contributed by atoms with Gasteiger partial charge in [-0.2, -0.15) is 4.37 Å². The molecule has 1 aromatic heterocycles. The highest BCUT2D eigenvalue weighted by Gasteiger charge is 2.43. The van der Waals surface area contributed by atoms with Crippen molar-refractivity contribution in [3.05, 3.63) is 5.82 Å². The molecule has 2 fully saturated rings. The summed E-state index contributed by atoms with van der Waals surface area (Å²) in [5, 5.41) is 4.10. The third kappa shape index (κ3) is 3.34. The Balaban J connectivity index is 1.62. The predicted octanol–water partition coefficient (Wildman–Crippen LogP) is 2.59. The van der Waals surface area contributed by atoms with Crippen molar-refractivity contribution >= 4 is 22.8 Å². The fraction of sp³-hybridized carbons (Fsp3) is 0.800. The Labute approximate surface area is 135 Å². The molecule has 122 valence electrons. The van der Waals surface area contributed by atoms with Gasteiger partial charge in [-0.15, -0.1) is 0 Å². The molecule has 0 aromatic carbocycles. The molecule has 6 nitrogen and oxygen atoms in total. The first-order chi connectivity index (χ1) is 10.3. The summed E-state index contributed by atoms with van der Waals surface area (Å²) in [6.45, 7) is 9.47. The zero-order valence-electron chi connectivity index (χ0n) is 13.6. The molecule has 2 unspecified atom stereocenters. The quantitative estimate of drug-likeness (QED) is 0.905. The molecule has 1 saturated carbocycles. The average Bonchev–Trinajstić information content (AvgIpc) is 2.89. The van der Waals surface area contributed by atoms with Crippen LogP contribution in [0.3, 0.4) is 0 Å². The van der Waals surface area contributed by atoms with E-state index in [0.29, 0.717) is 11.8 Å². The van der Waals surface area contributed by atoms with E-state index in [0.717, 1.165) is 36.9 Å². The van der Waals surface area contributed by atoms with Gasteiger partial charge in [-0.05, 0) is 52.4 Å². The van der Waals surface area contributed by atoms with Crippen molar-refractivity contribution in [2.75, 3.05) is 18.0 Å². The highest BCUT2D eigenvalue weighted by atomic mass is 32.1. The number of ether oxygens (including phenoxy) is 1. The maximum Gasteiger partial charge on any atom is 0.407 e. The van der Waals surface area contributed by atoms with Gasteiger partial charge in [0.15, 0.2) is 0 Å². The van der Waals surface area contributed by atoms with E-state index in [2.05, 4.69) is 19.6 Å². The second kappa shape index (κ2) is 5.68. The van der Waals surface area contributed by atoms with Gasteiger partial charge in [0.1, 0.15) is 11.4 Å². The van der Waals surface area contributed by atoms with E-state index in [1.807, 2.05) is 27.7 Å². The number of hydrogen-bond acceptors (Lipinski definition) is 6. The van der Waals surface area contributed by atoms with Crippen LogP contribution in [0.2, 0.25) is 0 Å². The first-order valence-electron chi connectivity index (χ1n) is 7.86. The molecule has 1 aliphatic carbocycles. The third-order valence-electron chi connectivity index (χ3n) is 4.30. The van der Waals surface area contributed by atoms with Crippen LogP contribution in [-0.2, 0) is 4.74 Å². The summed E-state index contributed by atoms with van der Waals surface area (Å²) in [4.78, 5) is 18.8. The second-order valence-corrected chi connectivity index (χ2v) is 8.03. The number of alkyl carbamates (subject to hydrolysis) is 1.